The summed E-state index contributed by atoms with van der Waals surface area (Å²) in [6, 6.07) is 15.8. The van der Waals surface area contributed by atoms with E-state index in [0.717, 1.165) is 16.8 Å². The van der Waals surface area contributed by atoms with Gasteiger partial charge in [0.2, 0.25) is 11.8 Å². The van der Waals surface area contributed by atoms with Crippen molar-refractivity contribution in [2.75, 3.05) is 16.8 Å². The van der Waals surface area contributed by atoms with Crippen LogP contribution in [0.2, 0.25) is 0 Å². The van der Waals surface area contributed by atoms with E-state index in [1.165, 1.54) is 17.1 Å². The number of hydrogen-bond donors (Lipinski definition) is 1. The van der Waals surface area contributed by atoms with Gasteiger partial charge in [-0.3, -0.25) is 9.59 Å². The Balaban J connectivity index is 1.54. The van der Waals surface area contributed by atoms with Gasteiger partial charge in [0.15, 0.2) is 0 Å². The molecular formula is C24H28N2O2S2. The maximum absolute atomic E-state index is 13.3. The maximum Gasteiger partial charge on any atom is 0.247 e. The van der Waals surface area contributed by atoms with E-state index in [0.29, 0.717) is 24.0 Å². The van der Waals surface area contributed by atoms with Gasteiger partial charge in [0.1, 0.15) is 6.04 Å². The number of hydrogen-bond acceptors (Lipinski definition) is 4. The molecule has 2 heterocycles. The van der Waals surface area contributed by atoms with Gasteiger partial charge in [-0.2, -0.15) is 0 Å². The smallest absolute Gasteiger partial charge is 0.247 e. The Kier molecular flexibility index (Phi) is 6.74. The average Bonchev–Trinajstić information content (AvgIpc) is 3.27. The molecule has 6 heteroatoms. The van der Waals surface area contributed by atoms with Crippen LogP contribution >= 0.6 is 23.5 Å². The van der Waals surface area contributed by atoms with E-state index in [1.54, 1.807) is 4.90 Å². The fourth-order valence-electron chi connectivity index (χ4n) is 4.03. The van der Waals surface area contributed by atoms with E-state index in [4.69, 9.17) is 0 Å². The van der Waals surface area contributed by atoms with Crippen LogP contribution < -0.4 is 5.32 Å². The number of nitrogens with zero attached hydrogens (tertiary/aromatic N) is 1. The van der Waals surface area contributed by atoms with Crippen LogP contribution in [0.3, 0.4) is 0 Å². The first-order chi connectivity index (χ1) is 14.5. The predicted octanol–water partition coefficient (Wildman–Crippen LogP) is 5.10. The summed E-state index contributed by atoms with van der Waals surface area (Å²) in [5, 5.41) is 3.09. The Bertz CT molecular complexity index is 925. The molecule has 1 atom stereocenters. The van der Waals surface area contributed by atoms with Crippen LogP contribution in [0.5, 0.6) is 0 Å². The summed E-state index contributed by atoms with van der Waals surface area (Å²) in [7, 11) is 0. The van der Waals surface area contributed by atoms with Gasteiger partial charge < -0.3 is 10.2 Å². The minimum atomic E-state index is -0.481. The van der Waals surface area contributed by atoms with Crippen molar-refractivity contribution in [2.45, 2.75) is 43.9 Å². The minimum absolute atomic E-state index is 0.0483. The maximum atomic E-state index is 13.3. The van der Waals surface area contributed by atoms with Crippen molar-refractivity contribution in [1.82, 2.24) is 4.90 Å². The van der Waals surface area contributed by atoms with Crippen LogP contribution in [0, 0.1) is 5.92 Å². The molecule has 158 valence electrons. The Hall–Kier alpha value is -1.92. The number of carbonyl (C=O) groups excluding carboxylic acids is 2. The molecule has 1 fully saturated rings. The summed E-state index contributed by atoms with van der Waals surface area (Å²) in [5.41, 5.74) is 4.33. The molecule has 0 aromatic heterocycles. The van der Waals surface area contributed by atoms with Gasteiger partial charge in [0, 0.05) is 36.6 Å². The minimum Gasteiger partial charge on any atom is -0.326 e. The van der Waals surface area contributed by atoms with Crippen LogP contribution in [-0.2, 0) is 22.6 Å². The number of thioether (sulfide) groups is 2. The molecule has 1 N–H and O–H groups in total. The van der Waals surface area contributed by atoms with Crippen molar-refractivity contribution in [3.8, 4) is 0 Å². The second-order valence-corrected chi connectivity index (χ2v) is 11.0. The Labute approximate surface area is 187 Å². The zero-order valence-corrected chi connectivity index (χ0v) is 19.1. The van der Waals surface area contributed by atoms with Gasteiger partial charge in [0.25, 0.3) is 0 Å². The summed E-state index contributed by atoms with van der Waals surface area (Å²) >= 11 is 3.90. The third kappa shape index (κ3) is 4.86. The summed E-state index contributed by atoms with van der Waals surface area (Å²) in [4.78, 5) is 28.0. The number of fused-ring (bicyclic) bond motifs is 1. The van der Waals surface area contributed by atoms with E-state index < -0.39 is 6.04 Å². The topological polar surface area (TPSA) is 49.4 Å². The van der Waals surface area contributed by atoms with Crippen molar-refractivity contribution >= 4 is 41.0 Å². The molecule has 0 bridgehead atoms. The number of nitrogens with one attached hydrogen (secondary N) is 1. The van der Waals surface area contributed by atoms with E-state index in [2.05, 4.69) is 29.6 Å². The molecule has 2 aromatic carbocycles. The molecule has 0 radical (unpaired) electrons. The van der Waals surface area contributed by atoms with Crippen molar-refractivity contribution < 1.29 is 9.59 Å². The highest BCUT2D eigenvalue weighted by atomic mass is 32.2. The lowest BCUT2D eigenvalue weighted by atomic mass is 9.92. The van der Waals surface area contributed by atoms with Gasteiger partial charge >= 0.3 is 0 Å². The fraction of sp³-hybridized carbons (Fsp3) is 0.417. The largest absolute Gasteiger partial charge is 0.326 e. The molecule has 1 unspecified atom stereocenters. The molecular weight excluding hydrogens is 412 g/mol. The molecule has 30 heavy (non-hydrogen) atoms. The third-order valence-electron chi connectivity index (χ3n) is 5.50. The Morgan fingerprint density at radius 1 is 1.07 bits per heavy atom. The fourth-order valence-corrected chi connectivity index (χ4v) is 6.86. The van der Waals surface area contributed by atoms with Gasteiger partial charge in [-0.25, -0.2) is 0 Å². The van der Waals surface area contributed by atoms with Gasteiger partial charge in [-0.05, 0) is 34.7 Å². The molecule has 0 spiro atoms. The molecule has 2 aromatic rings. The quantitative estimate of drug-likeness (QED) is 0.702. The van der Waals surface area contributed by atoms with E-state index >= 15 is 0 Å². The molecule has 0 saturated carbocycles. The zero-order chi connectivity index (χ0) is 21.1. The number of rotatable bonds is 5. The monoisotopic (exact) mass is 440 g/mol. The molecule has 1 saturated heterocycles. The first kappa shape index (κ1) is 21.3. The number of carbonyl (C=O) groups is 2. The SMILES string of the molecule is CC(C)CC(=O)N1Cc2ccccc2CC1C(=O)Nc1cccc(C2SCCS2)c1. The normalized spacial score (nSPS) is 19.0. The van der Waals surface area contributed by atoms with Crippen LogP contribution in [0.25, 0.3) is 0 Å². The lowest BCUT2D eigenvalue weighted by Crippen LogP contribution is -2.50. The highest BCUT2D eigenvalue weighted by Gasteiger charge is 2.34. The zero-order valence-electron chi connectivity index (χ0n) is 17.5. The Morgan fingerprint density at radius 3 is 2.53 bits per heavy atom. The van der Waals surface area contributed by atoms with Crippen molar-refractivity contribution in [3.05, 3.63) is 65.2 Å². The number of amides is 2. The van der Waals surface area contributed by atoms with Crippen molar-refractivity contribution in [1.29, 1.82) is 0 Å². The van der Waals surface area contributed by atoms with Gasteiger partial charge in [-0.15, -0.1) is 23.5 Å². The molecule has 0 aliphatic carbocycles. The van der Waals surface area contributed by atoms with Gasteiger partial charge in [0.05, 0.1) is 4.58 Å². The summed E-state index contributed by atoms with van der Waals surface area (Å²) in [5.74, 6) is 2.54. The van der Waals surface area contributed by atoms with E-state index in [9.17, 15) is 9.59 Å². The molecule has 2 aliphatic rings. The second-order valence-electron chi connectivity index (χ2n) is 8.30. The van der Waals surface area contributed by atoms with Crippen LogP contribution in [-0.4, -0.2) is 34.3 Å². The second kappa shape index (κ2) is 9.48. The van der Waals surface area contributed by atoms with Crippen molar-refractivity contribution in [2.24, 2.45) is 5.92 Å². The first-order valence-electron chi connectivity index (χ1n) is 10.5. The van der Waals surface area contributed by atoms with E-state index in [1.807, 2.05) is 61.6 Å². The summed E-state index contributed by atoms with van der Waals surface area (Å²) < 4.78 is 0.438. The van der Waals surface area contributed by atoms with Crippen LogP contribution in [0.1, 0.15) is 41.5 Å². The third-order valence-corrected chi connectivity index (χ3v) is 8.61. The molecule has 4 rings (SSSR count). The highest BCUT2D eigenvalue weighted by molar-refractivity contribution is 8.19. The Morgan fingerprint density at radius 2 is 1.80 bits per heavy atom. The van der Waals surface area contributed by atoms with Crippen LogP contribution in [0.4, 0.5) is 5.69 Å². The predicted molar refractivity (Wildman–Crippen MR) is 127 cm³/mol. The van der Waals surface area contributed by atoms with Gasteiger partial charge in [-0.1, -0.05) is 50.2 Å². The number of benzene rings is 2. The van der Waals surface area contributed by atoms with Crippen molar-refractivity contribution in [3.63, 3.8) is 0 Å². The van der Waals surface area contributed by atoms with E-state index in [-0.39, 0.29) is 17.7 Å². The lowest BCUT2D eigenvalue weighted by Gasteiger charge is -2.36. The average molecular weight is 441 g/mol. The lowest BCUT2D eigenvalue weighted by molar-refractivity contribution is -0.140. The first-order valence-corrected chi connectivity index (χ1v) is 12.6. The summed E-state index contributed by atoms with van der Waals surface area (Å²) in [6.07, 6.45) is 1.01. The standard InChI is InChI=1S/C24H28N2O2S2/c1-16(2)12-22(27)26-15-19-7-4-3-6-17(19)14-21(26)23(28)25-20-9-5-8-18(13-20)24-29-10-11-30-24/h3-9,13,16,21,24H,10-12,14-15H2,1-2H3,(H,25,28). The van der Waals surface area contributed by atoms with Crippen LogP contribution in [0.15, 0.2) is 48.5 Å². The highest BCUT2D eigenvalue weighted by Crippen LogP contribution is 2.45. The molecule has 2 aliphatic heterocycles. The summed E-state index contributed by atoms with van der Waals surface area (Å²) in [6.45, 7) is 4.57. The molecule has 2 amide bonds. The molecule has 4 nitrogen and oxygen atoms in total. The number of anilines is 1.